The van der Waals surface area contributed by atoms with Gasteiger partial charge in [0.2, 0.25) is 0 Å². The molecule has 0 saturated carbocycles. The minimum absolute atomic E-state index is 0.323. The summed E-state index contributed by atoms with van der Waals surface area (Å²) in [6.45, 7) is 3.79. The Kier molecular flexibility index (Phi) is 2.27. The van der Waals surface area contributed by atoms with E-state index in [9.17, 15) is 0 Å². The summed E-state index contributed by atoms with van der Waals surface area (Å²) in [5.41, 5.74) is 0.907. The molecule has 0 radical (unpaired) electrons. The summed E-state index contributed by atoms with van der Waals surface area (Å²) in [7, 11) is 0. The Balaban J connectivity index is 2.94. The fourth-order valence-electron chi connectivity index (χ4n) is 0.999. The molecule has 0 amide bonds. The Morgan fingerprint density at radius 1 is 1.64 bits per heavy atom. The van der Waals surface area contributed by atoms with Crippen molar-refractivity contribution in [3.8, 4) is 6.07 Å². The van der Waals surface area contributed by atoms with Crippen LogP contribution in [0.1, 0.15) is 24.3 Å². The van der Waals surface area contributed by atoms with Gasteiger partial charge in [0.1, 0.15) is 5.76 Å². The Bertz CT molecular complexity index is 283. The van der Waals surface area contributed by atoms with Gasteiger partial charge in [-0.1, -0.05) is 6.92 Å². The fourth-order valence-corrected chi connectivity index (χ4v) is 0.999. The van der Waals surface area contributed by atoms with Crippen molar-refractivity contribution in [2.75, 3.05) is 0 Å². The van der Waals surface area contributed by atoms with Crippen LogP contribution in [0.2, 0.25) is 0 Å². The lowest BCUT2D eigenvalue weighted by atomic mass is 10.2. The van der Waals surface area contributed by atoms with Crippen LogP contribution in [0.5, 0.6) is 0 Å². The lowest BCUT2D eigenvalue weighted by Gasteiger charge is -1.88. The van der Waals surface area contributed by atoms with Crippen molar-refractivity contribution < 1.29 is 4.42 Å². The Morgan fingerprint density at radius 2 is 2.36 bits per heavy atom. The zero-order valence-corrected chi connectivity index (χ0v) is 6.72. The first kappa shape index (κ1) is 7.80. The average Bonchev–Trinajstić information content (AvgIpc) is 2.32. The second-order valence-corrected chi connectivity index (χ2v) is 2.29. The third kappa shape index (κ3) is 1.58. The van der Waals surface area contributed by atoms with Crippen molar-refractivity contribution in [3.63, 3.8) is 0 Å². The van der Waals surface area contributed by atoms with Crippen molar-refractivity contribution in [3.05, 3.63) is 17.3 Å². The molecule has 0 N–H and O–H groups in total. The maximum Gasteiger partial charge on any atom is 0.191 e. The minimum atomic E-state index is 0.323. The van der Waals surface area contributed by atoms with E-state index in [2.05, 4.69) is 4.98 Å². The molecule has 0 bridgehead atoms. The molecule has 1 heterocycles. The summed E-state index contributed by atoms with van der Waals surface area (Å²) in [5.74, 6) is 1.36. The highest BCUT2D eigenvalue weighted by molar-refractivity contribution is 5.13. The molecule has 0 saturated heterocycles. The average molecular weight is 150 g/mol. The van der Waals surface area contributed by atoms with Crippen LogP contribution < -0.4 is 0 Å². The van der Waals surface area contributed by atoms with Crippen LogP contribution in [0.15, 0.2) is 4.42 Å². The summed E-state index contributed by atoms with van der Waals surface area (Å²) >= 11 is 0. The maximum atomic E-state index is 8.41. The molecule has 11 heavy (non-hydrogen) atoms. The number of nitrogens with zero attached hydrogens (tertiary/aromatic N) is 2. The maximum absolute atomic E-state index is 8.41. The quantitative estimate of drug-likeness (QED) is 0.643. The number of hydrogen-bond donors (Lipinski definition) is 0. The molecule has 0 aliphatic rings. The van der Waals surface area contributed by atoms with Crippen LogP contribution >= 0.6 is 0 Å². The predicted octanol–water partition coefficient (Wildman–Crippen LogP) is 1.61. The van der Waals surface area contributed by atoms with E-state index in [1.807, 2.05) is 13.0 Å². The van der Waals surface area contributed by atoms with Crippen LogP contribution in [0.3, 0.4) is 0 Å². The first-order valence-electron chi connectivity index (χ1n) is 3.60. The number of nitriles is 1. The molecule has 1 aromatic heterocycles. The van der Waals surface area contributed by atoms with Crippen molar-refractivity contribution in [2.24, 2.45) is 0 Å². The molecule has 1 rings (SSSR count). The van der Waals surface area contributed by atoms with Gasteiger partial charge in [-0.25, -0.2) is 4.98 Å². The van der Waals surface area contributed by atoms with Crippen molar-refractivity contribution in [1.82, 2.24) is 4.98 Å². The highest BCUT2D eigenvalue weighted by atomic mass is 16.4. The summed E-state index contributed by atoms with van der Waals surface area (Å²) in [5, 5.41) is 8.41. The van der Waals surface area contributed by atoms with Crippen LogP contribution in [0, 0.1) is 18.3 Å². The van der Waals surface area contributed by atoms with E-state index in [-0.39, 0.29) is 0 Å². The zero-order valence-electron chi connectivity index (χ0n) is 6.72. The third-order valence-corrected chi connectivity index (χ3v) is 1.46. The van der Waals surface area contributed by atoms with E-state index in [1.165, 1.54) is 0 Å². The molecule has 0 spiro atoms. The minimum Gasteiger partial charge on any atom is -0.445 e. The Labute approximate surface area is 65.7 Å². The molecule has 0 unspecified atom stereocenters. The second kappa shape index (κ2) is 3.20. The molecule has 0 fully saturated rings. The number of aromatic nitrogens is 1. The lowest BCUT2D eigenvalue weighted by molar-refractivity contribution is 0.484. The van der Waals surface area contributed by atoms with Gasteiger partial charge in [-0.3, -0.25) is 0 Å². The topological polar surface area (TPSA) is 49.8 Å². The lowest BCUT2D eigenvalue weighted by Crippen LogP contribution is -1.86. The van der Waals surface area contributed by atoms with E-state index in [4.69, 9.17) is 9.68 Å². The van der Waals surface area contributed by atoms with Gasteiger partial charge in [0, 0.05) is 6.92 Å². The monoisotopic (exact) mass is 150 g/mol. The highest BCUT2D eigenvalue weighted by Gasteiger charge is 2.07. The van der Waals surface area contributed by atoms with Crippen LogP contribution in [-0.4, -0.2) is 4.98 Å². The second-order valence-electron chi connectivity index (χ2n) is 2.29. The standard InChI is InChI=1S/C8H10N2O/c1-3-7-8(4-5-9)11-6(2)10-7/h3-4H2,1-2H3. The van der Waals surface area contributed by atoms with Crippen molar-refractivity contribution >= 4 is 0 Å². The molecule has 0 aromatic carbocycles. The van der Waals surface area contributed by atoms with E-state index in [0.29, 0.717) is 18.1 Å². The number of hydrogen-bond acceptors (Lipinski definition) is 3. The Hall–Kier alpha value is -1.30. The predicted molar refractivity (Wildman–Crippen MR) is 39.9 cm³/mol. The fraction of sp³-hybridized carbons (Fsp3) is 0.500. The van der Waals surface area contributed by atoms with Gasteiger partial charge < -0.3 is 4.42 Å². The normalized spacial score (nSPS) is 9.55. The molecular weight excluding hydrogens is 140 g/mol. The van der Waals surface area contributed by atoms with E-state index in [1.54, 1.807) is 6.92 Å². The molecule has 0 aliphatic heterocycles. The van der Waals surface area contributed by atoms with Gasteiger partial charge in [-0.15, -0.1) is 0 Å². The first-order valence-corrected chi connectivity index (χ1v) is 3.60. The Morgan fingerprint density at radius 3 is 2.91 bits per heavy atom. The molecule has 3 nitrogen and oxygen atoms in total. The molecule has 0 aliphatic carbocycles. The first-order chi connectivity index (χ1) is 5.27. The third-order valence-electron chi connectivity index (χ3n) is 1.46. The summed E-state index contributed by atoms with van der Waals surface area (Å²) in [4.78, 5) is 4.13. The van der Waals surface area contributed by atoms with Crippen LogP contribution in [0.4, 0.5) is 0 Å². The van der Waals surface area contributed by atoms with Gasteiger partial charge in [0.05, 0.1) is 18.2 Å². The van der Waals surface area contributed by atoms with Crippen molar-refractivity contribution in [1.29, 1.82) is 5.26 Å². The number of rotatable bonds is 2. The van der Waals surface area contributed by atoms with Crippen molar-refractivity contribution in [2.45, 2.75) is 26.7 Å². The highest BCUT2D eigenvalue weighted by Crippen LogP contribution is 2.10. The van der Waals surface area contributed by atoms with E-state index in [0.717, 1.165) is 12.1 Å². The molecule has 58 valence electrons. The van der Waals surface area contributed by atoms with E-state index < -0.39 is 0 Å². The van der Waals surface area contributed by atoms with Gasteiger partial charge >= 0.3 is 0 Å². The van der Waals surface area contributed by atoms with Crippen LogP contribution in [-0.2, 0) is 12.8 Å². The molecule has 3 heteroatoms. The summed E-state index contributed by atoms with van der Waals surface area (Å²) in [6, 6.07) is 2.04. The zero-order chi connectivity index (χ0) is 8.27. The summed E-state index contributed by atoms with van der Waals surface area (Å²) in [6.07, 6.45) is 1.15. The molecule has 1 aromatic rings. The smallest absolute Gasteiger partial charge is 0.191 e. The molecule has 0 atom stereocenters. The number of oxazole rings is 1. The van der Waals surface area contributed by atoms with Gasteiger partial charge in [0.15, 0.2) is 5.89 Å². The van der Waals surface area contributed by atoms with Gasteiger partial charge in [-0.05, 0) is 6.42 Å². The summed E-state index contributed by atoms with van der Waals surface area (Å²) < 4.78 is 5.21. The number of aryl methyl sites for hydroxylation is 2. The van der Waals surface area contributed by atoms with Gasteiger partial charge in [0.25, 0.3) is 0 Å². The van der Waals surface area contributed by atoms with Gasteiger partial charge in [-0.2, -0.15) is 5.26 Å². The molecular formula is C8H10N2O. The SMILES string of the molecule is CCc1nc(C)oc1CC#N. The van der Waals surface area contributed by atoms with E-state index >= 15 is 0 Å². The van der Waals surface area contributed by atoms with Crippen LogP contribution in [0.25, 0.3) is 0 Å². The largest absolute Gasteiger partial charge is 0.445 e.